The van der Waals surface area contributed by atoms with Crippen LogP contribution in [0.25, 0.3) is 11.1 Å². The summed E-state index contributed by atoms with van der Waals surface area (Å²) in [6.45, 7) is 1.06. The molecule has 4 aromatic rings. The summed E-state index contributed by atoms with van der Waals surface area (Å²) in [7, 11) is 0. The molecule has 2 atom stereocenters. The second-order valence-electron chi connectivity index (χ2n) is 9.61. The second-order valence-corrected chi connectivity index (χ2v) is 9.61. The minimum atomic E-state index is -4.64. The molecule has 192 valence electrons. The van der Waals surface area contributed by atoms with Gasteiger partial charge in [0.2, 0.25) is 0 Å². The first kappa shape index (κ1) is 24.1. The number of nitrogens with two attached hydrogens (primary N) is 1. The third-order valence-corrected chi connectivity index (χ3v) is 7.43. The van der Waals surface area contributed by atoms with E-state index in [2.05, 4.69) is 10.3 Å². The molecule has 2 aliphatic carbocycles. The van der Waals surface area contributed by atoms with Gasteiger partial charge in [-0.25, -0.2) is 13.8 Å². The van der Waals surface area contributed by atoms with Gasteiger partial charge in [0.25, 0.3) is 5.91 Å². The molecule has 4 nitrogen and oxygen atoms in total. The zero-order valence-corrected chi connectivity index (χ0v) is 20.0. The number of pyridine rings is 1. The van der Waals surface area contributed by atoms with E-state index in [4.69, 9.17) is 5.73 Å². The highest BCUT2D eigenvalue weighted by atomic mass is 19.4. The van der Waals surface area contributed by atoms with Crippen molar-refractivity contribution in [3.63, 3.8) is 0 Å². The molecule has 1 unspecified atom stereocenters. The van der Waals surface area contributed by atoms with Crippen molar-refractivity contribution >= 4 is 11.7 Å². The number of benzene rings is 3. The summed E-state index contributed by atoms with van der Waals surface area (Å²) in [6.07, 6.45) is -4.64. The van der Waals surface area contributed by atoms with E-state index in [1.807, 2.05) is 24.3 Å². The van der Waals surface area contributed by atoms with Gasteiger partial charge in [-0.3, -0.25) is 4.79 Å². The molecule has 0 aliphatic heterocycles. The van der Waals surface area contributed by atoms with Crippen LogP contribution in [-0.2, 0) is 12.7 Å². The van der Waals surface area contributed by atoms with Gasteiger partial charge in [0, 0.05) is 46.8 Å². The van der Waals surface area contributed by atoms with Crippen molar-refractivity contribution in [2.45, 2.75) is 31.5 Å². The largest absolute Gasteiger partial charge is 0.416 e. The zero-order chi connectivity index (χ0) is 26.9. The standard InChI is InChI=1S/C29H20F5N3O/c1-13-22(23(29(32,33)34)11-25(35)37-13)12-36-28(38)15-3-6-19-21(9-15)27-20-8-14(2-5-18(20)26(19)27)17-7-4-16(30)10-24(17)31/h2-11,26-27H,12H2,1H3,(H2,35,37)(H,36,38)/t26-,27?/m0/s1. The Morgan fingerprint density at radius 2 is 1.61 bits per heavy atom. The summed E-state index contributed by atoms with van der Waals surface area (Å²) in [6, 6.07) is 15.1. The fourth-order valence-electron chi connectivity index (χ4n) is 5.62. The van der Waals surface area contributed by atoms with Crippen LogP contribution >= 0.6 is 0 Å². The Hall–Kier alpha value is -4.27. The maximum absolute atomic E-state index is 14.3. The van der Waals surface area contributed by atoms with E-state index in [9.17, 15) is 26.7 Å². The third-order valence-electron chi connectivity index (χ3n) is 7.43. The van der Waals surface area contributed by atoms with Crippen molar-refractivity contribution in [1.82, 2.24) is 10.3 Å². The molecule has 0 bridgehead atoms. The Balaban J connectivity index is 1.23. The number of carbonyl (C=O) groups excluding carboxylic acids is 1. The minimum Gasteiger partial charge on any atom is -0.384 e. The fourth-order valence-corrected chi connectivity index (χ4v) is 5.62. The van der Waals surface area contributed by atoms with Gasteiger partial charge < -0.3 is 11.1 Å². The van der Waals surface area contributed by atoms with Gasteiger partial charge in [-0.05, 0) is 65.1 Å². The number of alkyl halides is 3. The number of nitrogens with zero attached hydrogens (tertiary/aromatic N) is 1. The Morgan fingerprint density at radius 3 is 2.32 bits per heavy atom. The highest BCUT2D eigenvalue weighted by molar-refractivity contribution is 5.95. The smallest absolute Gasteiger partial charge is 0.384 e. The van der Waals surface area contributed by atoms with Crippen molar-refractivity contribution in [2.24, 2.45) is 0 Å². The van der Waals surface area contributed by atoms with Gasteiger partial charge in [-0.2, -0.15) is 13.2 Å². The van der Waals surface area contributed by atoms with Crippen molar-refractivity contribution < 1.29 is 26.7 Å². The molecule has 0 spiro atoms. The number of halogens is 5. The van der Waals surface area contributed by atoms with Gasteiger partial charge >= 0.3 is 6.18 Å². The normalized spacial score (nSPS) is 17.0. The third kappa shape index (κ3) is 3.72. The monoisotopic (exact) mass is 521 g/mol. The quantitative estimate of drug-likeness (QED) is 0.303. The molecule has 3 aromatic carbocycles. The summed E-state index contributed by atoms with van der Waals surface area (Å²) in [4.78, 5) is 16.8. The Labute approximate surface area is 214 Å². The van der Waals surface area contributed by atoms with Crippen LogP contribution in [0.1, 0.15) is 61.3 Å². The first-order chi connectivity index (χ1) is 18.0. The summed E-state index contributed by atoms with van der Waals surface area (Å²) in [5, 5.41) is 2.57. The summed E-state index contributed by atoms with van der Waals surface area (Å²) < 4.78 is 68.2. The molecule has 6 rings (SSSR count). The van der Waals surface area contributed by atoms with E-state index < -0.39 is 29.3 Å². The lowest BCUT2D eigenvalue weighted by Gasteiger charge is -2.50. The number of hydrogen-bond donors (Lipinski definition) is 2. The summed E-state index contributed by atoms with van der Waals surface area (Å²) >= 11 is 0. The number of hydrogen-bond acceptors (Lipinski definition) is 3. The van der Waals surface area contributed by atoms with Crippen LogP contribution in [0.5, 0.6) is 0 Å². The molecule has 0 saturated heterocycles. The minimum absolute atomic E-state index is 0.0385. The highest BCUT2D eigenvalue weighted by Gasteiger charge is 2.49. The number of aryl methyl sites for hydroxylation is 1. The van der Waals surface area contributed by atoms with Crippen LogP contribution in [-0.4, -0.2) is 10.9 Å². The van der Waals surface area contributed by atoms with Gasteiger partial charge in [0.05, 0.1) is 5.56 Å². The van der Waals surface area contributed by atoms with Crippen molar-refractivity contribution in [1.29, 1.82) is 0 Å². The van der Waals surface area contributed by atoms with Crippen LogP contribution in [0.3, 0.4) is 0 Å². The van der Waals surface area contributed by atoms with Crippen LogP contribution in [0, 0.1) is 18.6 Å². The molecular formula is C29H20F5N3O. The summed E-state index contributed by atoms with van der Waals surface area (Å²) in [5.74, 6) is -1.82. The first-order valence-corrected chi connectivity index (χ1v) is 11.9. The van der Waals surface area contributed by atoms with Crippen molar-refractivity contribution in [2.75, 3.05) is 5.73 Å². The van der Waals surface area contributed by atoms with Crippen LogP contribution in [0.15, 0.2) is 60.7 Å². The average molecular weight is 521 g/mol. The maximum Gasteiger partial charge on any atom is 0.416 e. The van der Waals surface area contributed by atoms with Crippen molar-refractivity contribution in [3.05, 3.63) is 117 Å². The topological polar surface area (TPSA) is 68.0 Å². The molecule has 1 amide bonds. The number of rotatable bonds is 4. The Bertz CT molecular complexity index is 1650. The number of nitrogen functional groups attached to an aromatic ring is 1. The van der Waals surface area contributed by atoms with E-state index >= 15 is 0 Å². The van der Waals surface area contributed by atoms with E-state index in [1.165, 1.54) is 19.1 Å². The zero-order valence-electron chi connectivity index (χ0n) is 20.0. The van der Waals surface area contributed by atoms with Crippen molar-refractivity contribution in [3.8, 4) is 11.1 Å². The van der Waals surface area contributed by atoms with E-state index in [-0.39, 0.29) is 35.5 Å². The lowest BCUT2D eigenvalue weighted by atomic mass is 9.52. The van der Waals surface area contributed by atoms with Crippen LogP contribution < -0.4 is 11.1 Å². The summed E-state index contributed by atoms with van der Waals surface area (Å²) in [5.41, 5.74) is 9.95. The molecule has 1 aromatic heterocycles. The average Bonchev–Trinajstić information content (AvgIpc) is 2.82. The number of nitrogens with one attached hydrogen (secondary N) is 1. The number of carbonyl (C=O) groups is 1. The number of amides is 1. The number of aromatic nitrogens is 1. The number of anilines is 1. The molecule has 9 heteroatoms. The molecule has 0 fully saturated rings. The molecule has 3 N–H and O–H groups in total. The van der Waals surface area contributed by atoms with E-state index in [1.54, 1.807) is 12.1 Å². The van der Waals surface area contributed by atoms with E-state index in [0.29, 0.717) is 16.7 Å². The molecule has 1 heterocycles. The number of fused-ring (bicyclic) bond motifs is 7. The Kier molecular flexibility index (Phi) is 5.31. The molecule has 0 radical (unpaired) electrons. The van der Waals surface area contributed by atoms with Gasteiger partial charge in [0.1, 0.15) is 17.5 Å². The molecule has 0 saturated carbocycles. The van der Waals surface area contributed by atoms with Gasteiger partial charge in [-0.1, -0.05) is 24.3 Å². The first-order valence-electron chi connectivity index (χ1n) is 11.9. The lowest BCUT2D eigenvalue weighted by molar-refractivity contribution is -0.138. The molecular weight excluding hydrogens is 501 g/mol. The lowest BCUT2D eigenvalue weighted by Crippen LogP contribution is -2.36. The van der Waals surface area contributed by atoms with E-state index in [0.717, 1.165) is 34.4 Å². The SMILES string of the molecule is Cc1nc(N)cc(C(F)(F)F)c1CNC(=O)c1ccc2c(c1)C1c3cc(-c4ccc(F)cc4F)ccc3[C@@H]21. The molecule has 38 heavy (non-hydrogen) atoms. The van der Waals surface area contributed by atoms with Crippen LogP contribution in [0.4, 0.5) is 27.8 Å². The molecule has 2 aliphatic rings. The van der Waals surface area contributed by atoms with Gasteiger partial charge in [-0.15, -0.1) is 0 Å². The highest BCUT2D eigenvalue weighted by Crippen LogP contribution is 2.63. The van der Waals surface area contributed by atoms with Crippen LogP contribution in [0.2, 0.25) is 0 Å². The fraction of sp³-hybridized carbons (Fsp3) is 0.172. The maximum atomic E-state index is 14.3. The second kappa shape index (κ2) is 8.37. The Morgan fingerprint density at radius 1 is 0.921 bits per heavy atom. The predicted molar refractivity (Wildman–Crippen MR) is 131 cm³/mol. The van der Waals surface area contributed by atoms with Gasteiger partial charge in [0.15, 0.2) is 0 Å². The predicted octanol–water partition coefficient (Wildman–Crippen LogP) is 6.46.